The van der Waals surface area contributed by atoms with E-state index in [0.717, 1.165) is 0 Å². The average molecular weight is 208 g/mol. The number of carbonyl (C=O) groups is 1. The quantitative estimate of drug-likeness (QED) is 0.702. The Bertz CT molecular complexity index is 182. The highest BCUT2D eigenvalue weighted by Crippen LogP contribution is 2.15. The van der Waals surface area contributed by atoms with Crippen LogP contribution in [-0.2, 0) is 4.79 Å². The van der Waals surface area contributed by atoms with Crippen molar-refractivity contribution < 1.29 is 9.90 Å². The first-order valence-corrected chi connectivity index (χ1v) is 4.84. The number of aliphatic hydroxyl groups excluding tert-OH is 1. The highest BCUT2D eigenvalue weighted by Gasteiger charge is 2.29. The van der Waals surface area contributed by atoms with Crippen LogP contribution in [0.5, 0.6) is 0 Å². The normalized spacial score (nSPS) is 14.0. The van der Waals surface area contributed by atoms with Crippen molar-refractivity contribution in [3.8, 4) is 0 Å². The summed E-state index contributed by atoms with van der Waals surface area (Å²) in [6, 6.07) is 0. The van der Waals surface area contributed by atoms with E-state index in [9.17, 15) is 4.79 Å². The van der Waals surface area contributed by atoms with E-state index in [-0.39, 0.29) is 18.4 Å². The molecule has 3 nitrogen and oxygen atoms in total. The number of nitrogens with zero attached hydrogens (tertiary/aromatic N) is 1. The van der Waals surface area contributed by atoms with E-state index in [1.54, 1.807) is 18.9 Å². The Hall–Kier alpha value is -0.280. The molecular formula is C9H18ClNO2. The Kier molecular flexibility index (Phi) is 4.71. The number of likely N-dealkylation sites (N-methyl/N-ethyl adjacent to an activating group) is 1. The van der Waals surface area contributed by atoms with Crippen molar-refractivity contribution in [2.75, 3.05) is 19.5 Å². The van der Waals surface area contributed by atoms with Gasteiger partial charge in [-0.05, 0) is 13.8 Å². The highest BCUT2D eigenvalue weighted by atomic mass is 35.5. The Labute approximate surface area is 84.7 Å². The van der Waals surface area contributed by atoms with Crippen molar-refractivity contribution in [2.24, 2.45) is 5.92 Å². The van der Waals surface area contributed by atoms with Crippen LogP contribution in [0.15, 0.2) is 0 Å². The van der Waals surface area contributed by atoms with Gasteiger partial charge in [-0.1, -0.05) is 6.92 Å². The third-order valence-electron chi connectivity index (χ3n) is 2.28. The number of rotatable bonds is 4. The molecule has 0 saturated carbocycles. The molecule has 13 heavy (non-hydrogen) atoms. The molecule has 0 aromatic carbocycles. The van der Waals surface area contributed by atoms with Gasteiger partial charge in [0, 0.05) is 18.8 Å². The number of hydrogen-bond donors (Lipinski definition) is 1. The molecule has 0 aromatic heterocycles. The van der Waals surface area contributed by atoms with Gasteiger partial charge >= 0.3 is 0 Å². The topological polar surface area (TPSA) is 40.5 Å². The number of carbonyl (C=O) groups excluding carboxylic acids is 1. The fourth-order valence-corrected chi connectivity index (χ4v) is 0.933. The van der Waals surface area contributed by atoms with E-state index in [4.69, 9.17) is 16.7 Å². The van der Waals surface area contributed by atoms with Gasteiger partial charge in [0.2, 0.25) is 5.91 Å². The van der Waals surface area contributed by atoms with Crippen molar-refractivity contribution in [1.29, 1.82) is 0 Å². The minimum Gasteiger partial charge on any atom is -0.394 e. The predicted octanol–water partition coefficient (Wildman–Crippen LogP) is 1.09. The monoisotopic (exact) mass is 207 g/mol. The van der Waals surface area contributed by atoms with Gasteiger partial charge in [0.15, 0.2) is 0 Å². The second-order valence-electron chi connectivity index (χ2n) is 3.92. The molecule has 4 heteroatoms. The molecule has 0 radical (unpaired) electrons. The van der Waals surface area contributed by atoms with E-state index >= 15 is 0 Å². The molecule has 1 unspecified atom stereocenters. The Morgan fingerprint density at radius 3 is 2.38 bits per heavy atom. The molecule has 0 aliphatic rings. The number of halogens is 1. The minimum atomic E-state index is -0.516. The van der Waals surface area contributed by atoms with E-state index in [1.165, 1.54) is 0 Å². The number of aliphatic hydroxyl groups is 1. The molecule has 0 aliphatic carbocycles. The standard InChI is InChI=1S/C9H18ClNO2/c1-7(5-10)8(13)11(4)9(2,3)6-12/h7,12H,5-6H2,1-4H3. The maximum Gasteiger partial charge on any atom is 0.226 e. The van der Waals surface area contributed by atoms with Crippen LogP contribution in [0.2, 0.25) is 0 Å². The molecule has 0 aromatic rings. The zero-order chi connectivity index (χ0) is 10.6. The summed E-state index contributed by atoms with van der Waals surface area (Å²) in [6.07, 6.45) is 0. The Morgan fingerprint density at radius 2 is 2.08 bits per heavy atom. The first-order chi connectivity index (χ1) is 5.86. The van der Waals surface area contributed by atoms with Gasteiger partial charge in [-0.15, -0.1) is 11.6 Å². The first kappa shape index (κ1) is 12.7. The molecule has 0 bridgehead atoms. The summed E-state index contributed by atoms with van der Waals surface area (Å²) in [5.41, 5.74) is -0.516. The molecule has 1 N–H and O–H groups in total. The largest absolute Gasteiger partial charge is 0.394 e. The lowest BCUT2D eigenvalue weighted by Gasteiger charge is -2.35. The Balaban J connectivity index is 4.42. The van der Waals surface area contributed by atoms with Crippen molar-refractivity contribution in [3.05, 3.63) is 0 Å². The molecule has 0 rings (SSSR count). The summed E-state index contributed by atoms with van der Waals surface area (Å²) < 4.78 is 0. The fourth-order valence-electron chi connectivity index (χ4n) is 0.801. The smallest absolute Gasteiger partial charge is 0.226 e. The summed E-state index contributed by atoms with van der Waals surface area (Å²) in [5.74, 6) is 0.0801. The van der Waals surface area contributed by atoms with Gasteiger partial charge in [-0.2, -0.15) is 0 Å². The van der Waals surface area contributed by atoms with Crippen LogP contribution in [-0.4, -0.2) is 41.0 Å². The van der Waals surface area contributed by atoms with Gasteiger partial charge in [0.05, 0.1) is 12.1 Å². The molecule has 0 spiro atoms. The zero-order valence-corrected chi connectivity index (χ0v) is 9.43. The Morgan fingerprint density at radius 1 is 1.62 bits per heavy atom. The van der Waals surface area contributed by atoms with Crippen LogP contribution >= 0.6 is 11.6 Å². The number of amides is 1. The van der Waals surface area contributed by atoms with Gasteiger partial charge < -0.3 is 10.0 Å². The van der Waals surface area contributed by atoms with Crippen LogP contribution < -0.4 is 0 Å². The van der Waals surface area contributed by atoms with Gasteiger partial charge in [0.25, 0.3) is 0 Å². The molecule has 78 valence electrons. The first-order valence-electron chi connectivity index (χ1n) is 4.31. The van der Waals surface area contributed by atoms with E-state index < -0.39 is 5.54 Å². The average Bonchev–Trinajstić information content (AvgIpc) is 2.14. The second kappa shape index (κ2) is 4.82. The summed E-state index contributed by atoms with van der Waals surface area (Å²) >= 11 is 5.57. The van der Waals surface area contributed by atoms with E-state index in [0.29, 0.717) is 5.88 Å². The second-order valence-corrected chi connectivity index (χ2v) is 4.23. The van der Waals surface area contributed by atoms with Gasteiger partial charge in [-0.3, -0.25) is 4.79 Å². The molecule has 1 atom stereocenters. The highest BCUT2D eigenvalue weighted by molar-refractivity contribution is 6.19. The molecule has 0 fully saturated rings. The van der Waals surface area contributed by atoms with Gasteiger partial charge in [0.1, 0.15) is 0 Å². The lowest BCUT2D eigenvalue weighted by atomic mass is 10.0. The van der Waals surface area contributed by atoms with Crippen molar-refractivity contribution in [1.82, 2.24) is 4.90 Å². The molecule has 0 aliphatic heterocycles. The zero-order valence-electron chi connectivity index (χ0n) is 8.67. The number of hydrogen-bond acceptors (Lipinski definition) is 2. The lowest BCUT2D eigenvalue weighted by Crippen LogP contribution is -2.49. The van der Waals surface area contributed by atoms with Crippen molar-refractivity contribution >= 4 is 17.5 Å². The number of alkyl halides is 1. The molecule has 0 saturated heterocycles. The van der Waals surface area contributed by atoms with E-state index in [2.05, 4.69) is 0 Å². The van der Waals surface area contributed by atoms with Crippen molar-refractivity contribution in [2.45, 2.75) is 26.3 Å². The van der Waals surface area contributed by atoms with Crippen LogP contribution in [0.1, 0.15) is 20.8 Å². The SMILES string of the molecule is CC(CCl)C(=O)N(C)C(C)(C)CO. The van der Waals surface area contributed by atoms with Crippen LogP contribution in [0.3, 0.4) is 0 Å². The van der Waals surface area contributed by atoms with Crippen LogP contribution in [0.4, 0.5) is 0 Å². The minimum absolute atomic E-state index is 0.0333. The summed E-state index contributed by atoms with van der Waals surface area (Å²) in [4.78, 5) is 13.2. The molecule has 0 heterocycles. The van der Waals surface area contributed by atoms with Crippen LogP contribution in [0.25, 0.3) is 0 Å². The van der Waals surface area contributed by atoms with Crippen LogP contribution in [0, 0.1) is 5.92 Å². The fraction of sp³-hybridized carbons (Fsp3) is 0.889. The predicted molar refractivity (Wildman–Crippen MR) is 53.8 cm³/mol. The third-order valence-corrected chi connectivity index (χ3v) is 2.74. The van der Waals surface area contributed by atoms with E-state index in [1.807, 2.05) is 13.8 Å². The van der Waals surface area contributed by atoms with Crippen molar-refractivity contribution in [3.63, 3.8) is 0 Å². The lowest BCUT2D eigenvalue weighted by molar-refractivity contribution is -0.139. The third kappa shape index (κ3) is 3.16. The maximum atomic E-state index is 11.6. The molecular weight excluding hydrogens is 190 g/mol. The summed E-state index contributed by atoms with van der Waals surface area (Å²) in [5, 5.41) is 9.04. The summed E-state index contributed by atoms with van der Waals surface area (Å²) in [6.45, 7) is 5.35. The maximum absolute atomic E-state index is 11.6. The summed E-state index contributed by atoms with van der Waals surface area (Å²) in [7, 11) is 1.68. The van der Waals surface area contributed by atoms with Gasteiger partial charge in [-0.25, -0.2) is 0 Å². The molecule has 1 amide bonds.